The van der Waals surface area contributed by atoms with Crippen LogP contribution in [0.15, 0.2) is 0 Å². The van der Waals surface area contributed by atoms with Gasteiger partial charge < -0.3 is 5.32 Å². The number of hydrogen-bond acceptors (Lipinski definition) is 2. The molecule has 0 saturated carbocycles. The van der Waals surface area contributed by atoms with Crippen LogP contribution in [0, 0.1) is 5.92 Å². The van der Waals surface area contributed by atoms with Crippen LogP contribution in [0.4, 0.5) is 0 Å². The van der Waals surface area contributed by atoms with E-state index in [1.165, 1.54) is 32.5 Å². The molecule has 0 unspecified atom stereocenters. The number of nitrogens with zero attached hydrogens (tertiary/aromatic N) is 1. The smallest absolute Gasteiger partial charge is 0.0220 e. The SMILES string of the molecule is CCN1CCC[C@H]1CNCC(C)C. The highest BCUT2D eigenvalue weighted by atomic mass is 15.2. The third-order valence-corrected chi connectivity index (χ3v) is 2.84. The van der Waals surface area contributed by atoms with Gasteiger partial charge in [0.05, 0.1) is 0 Å². The lowest BCUT2D eigenvalue weighted by molar-refractivity contribution is 0.258. The predicted molar refractivity (Wildman–Crippen MR) is 58.0 cm³/mol. The van der Waals surface area contributed by atoms with E-state index in [9.17, 15) is 0 Å². The van der Waals surface area contributed by atoms with Crippen LogP contribution >= 0.6 is 0 Å². The molecule has 1 N–H and O–H groups in total. The van der Waals surface area contributed by atoms with Crippen LogP contribution < -0.4 is 5.32 Å². The summed E-state index contributed by atoms with van der Waals surface area (Å²) in [6.07, 6.45) is 2.78. The van der Waals surface area contributed by atoms with Crippen LogP contribution in [0.3, 0.4) is 0 Å². The molecule has 2 nitrogen and oxygen atoms in total. The lowest BCUT2D eigenvalue weighted by Gasteiger charge is -2.23. The van der Waals surface area contributed by atoms with E-state index >= 15 is 0 Å². The van der Waals surface area contributed by atoms with Gasteiger partial charge in [-0.3, -0.25) is 4.90 Å². The molecule has 13 heavy (non-hydrogen) atoms. The molecule has 1 atom stereocenters. The normalized spacial score (nSPS) is 24.5. The van der Waals surface area contributed by atoms with E-state index in [0.717, 1.165) is 18.5 Å². The van der Waals surface area contributed by atoms with Gasteiger partial charge in [-0.15, -0.1) is 0 Å². The molecule has 1 aliphatic heterocycles. The summed E-state index contributed by atoms with van der Waals surface area (Å²) < 4.78 is 0. The van der Waals surface area contributed by atoms with E-state index < -0.39 is 0 Å². The average Bonchev–Trinajstić information content (AvgIpc) is 2.51. The van der Waals surface area contributed by atoms with Crippen molar-refractivity contribution in [2.24, 2.45) is 5.92 Å². The van der Waals surface area contributed by atoms with Gasteiger partial charge in [-0.1, -0.05) is 20.8 Å². The molecule has 1 saturated heterocycles. The van der Waals surface area contributed by atoms with E-state index in [1.54, 1.807) is 0 Å². The molecule has 0 amide bonds. The van der Waals surface area contributed by atoms with Crippen molar-refractivity contribution in [3.63, 3.8) is 0 Å². The van der Waals surface area contributed by atoms with Gasteiger partial charge in [0.1, 0.15) is 0 Å². The second-order valence-corrected chi connectivity index (χ2v) is 4.48. The van der Waals surface area contributed by atoms with Crippen LogP contribution in [0.5, 0.6) is 0 Å². The minimum absolute atomic E-state index is 0.775. The van der Waals surface area contributed by atoms with Gasteiger partial charge in [-0.25, -0.2) is 0 Å². The van der Waals surface area contributed by atoms with Crippen molar-refractivity contribution >= 4 is 0 Å². The van der Waals surface area contributed by atoms with Crippen LogP contribution in [-0.2, 0) is 0 Å². The van der Waals surface area contributed by atoms with Crippen LogP contribution in [-0.4, -0.2) is 37.1 Å². The fourth-order valence-electron chi connectivity index (χ4n) is 2.08. The molecule has 78 valence electrons. The zero-order valence-corrected chi connectivity index (χ0v) is 9.34. The minimum Gasteiger partial charge on any atom is -0.315 e. The van der Waals surface area contributed by atoms with Crippen LogP contribution in [0.2, 0.25) is 0 Å². The summed E-state index contributed by atoms with van der Waals surface area (Å²) in [5.41, 5.74) is 0. The first-order valence-electron chi connectivity index (χ1n) is 5.68. The highest BCUT2D eigenvalue weighted by Crippen LogP contribution is 2.15. The predicted octanol–water partition coefficient (Wildman–Crippen LogP) is 1.72. The molecule has 0 aromatic heterocycles. The Balaban J connectivity index is 2.13. The molecule has 0 aliphatic carbocycles. The Morgan fingerprint density at radius 3 is 2.85 bits per heavy atom. The Hall–Kier alpha value is -0.0800. The molecule has 0 radical (unpaired) electrons. The van der Waals surface area contributed by atoms with Crippen LogP contribution in [0.25, 0.3) is 0 Å². The van der Waals surface area contributed by atoms with Gasteiger partial charge in [0.2, 0.25) is 0 Å². The number of hydrogen-bond donors (Lipinski definition) is 1. The maximum Gasteiger partial charge on any atom is 0.0220 e. The van der Waals surface area contributed by atoms with Crippen molar-refractivity contribution in [1.29, 1.82) is 0 Å². The third-order valence-electron chi connectivity index (χ3n) is 2.84. The van der Waals surface area contributed by atoms with E-state index in [4.69, 9.17) is 0 Å². The molecular formula is C11H24N2. The number of nitrogens with one attached hydrogen (secondary N) is 1. The largest absolute Gasteiger partial charge is 0.315 e. The van der Waals surface area contributed by atoms with Gasteiger partial charge >= 0.3 is 0 Å². The average molecular weight is 184 g/mol. The summed E-state index contributed by atoms with van der Waals surface area (Å²) in [6.45, 7) is 11.7. The Labute approximate surface area is 82.7 Å². The van der Waals surface area contributed by atoms with Gasteiger partial charge in [-0.05, 0) is 38.4 Å². The van der Waals surface area contributed by atoms with Crippen molar-refractivity contribution in [3.8, 4) is 0 Å². The molecule has 2 heteroatoms. The first-order chi connectivity index (χ1) is 6.24. The minimum atomic E-state index is 0.775. The first kappa shape index (κ1) is 11.0. The number of rotatable bonds is 5. The Bertz CT molecular complexity index is 134. The Kier molecular flexibility index (Phi) is 4.74. The zero-order valence-electron chi connectivity index (χ0n) is 9.34. The summed E-state index contributed by atoms with van der Waals surface area (Å²) in [5, 5.41) is 3.55. The lowest BCUT2D eigenvalue weighted by atomic mass is 10.2. The van der Waals surface area contributed by atoms with Gasteiger partial charge in [0, 0.05) is 12.6 Å². The fraction of sp³-hybridized carbons (Fsp3) is 1.00. The van der Waals surface area contributed by atoms with E-state index in [2.05, 4.69) is 31.0 Å². The molecular weight excluding hydrogens is 160 g/mol. The highest BCUT2D eigenvalue weighted by molar-refractivity contribution is 4.79. The molecule has 0 spiro atoms. The quantitative estimate of drug-likeness (QED) is 0.700. The molecule has 0 aromatic rings. The summed E-state index contributed by atoms with van der Waals surface area (Å²) in [7, 11) is 0. The fourth-order valence-corrected chi connectivity index (χ4v) is 2.08. The van der Waals surface area contributed by atoms with Gasteiger partial charge in [0.25, 0.3) is 0 Å². The van der Waals surface area contributed by atoms with Crippen LogP contribution in [0.1, 0.15) is 33.6 Å². The van der Waals surface area contributed by atoms with Gasteiger partial charge in [-0.2, -0.15) is 0 Å². The van der Waals surface area contributed by atoms with Crippen molar-refractivity contribution in [2.45, 2.75) is 39.7 Å². The van der Waals surface area contributed by atoms with Gasteiger partial charge in [0.15, 0.2) is 0 Å². The van der Waals surface area contributed by atoms with Crippen molar-refractivity contribution in [3.05, 3.63) is 0 Å². The van der Waals surface area contributed by atoms with E-state index in [0.29, 0.717) is 0 Å². The van der Waals surface area contributed by atoms with E-state index in [1.807, 2.05) is 0 Å². The second-order valence-electron chi connectivity index (χ2n) is 4.48. The summed E-state index contributed by atoms with van der Waals surface area (Å²) in [4.78, 5) is 2.59. The maximum absolute atomic E-state index is 3.55. The molecule has 1 heterocycles. The third kappa shape index (κ3) is 3.65. The molecule has 0 bridgehead atoms. The standard InChI is InChI=1S/C11H24N2/c1-4-13-7-5-6-11(13)9-12-8-10(2)3/h10-12H,4-9H2,1-3H3/t11-/m0/s1. The second kappa shape index (κ2) is 5.61. The lowest BCUT2D eigenvalue weighted by Crippen LogP contribution is -2.38. The van der Waals surface area contributed by atoms with E-state index in [-0.39, 0.29) is 0 Å². The Morgan fingerprint density at radius 2 is 2.23 bits per heavy atom. The van der Waals surface area contributed by atoms with Crippen molar-refractivity contribution in [2.75, 3.05) is 26.2 Å². The van der Waals surface area contributed by atoms with Crippen molar-refractivity contribution in [1.82, 2.24) is 10.2 Å². The number of likely N-dealkylation sites (N-methyl/N-ethyl adjacent to an activating group) is 1. The summed E-state index contributed by atoms with van der Waals surface area (Å²) in [6, 6.07) is 0.809. The first-order valence-corrected chi connectivity index (χ1v) is 5.68. The maximum atomic E-state index is 3.55. The molecule has 1 fully saturated rings. The molecule has 1 rings (SSSR count). The zero-order chi connectivity index (χ0) is 9.68. The Morgan fingerprint density at radius 1 is 1.46 bits per heavy atom. The highest BCUT2D eigenvalue weighted by Gasteiger charge is 2.21. The summed E-state index contributed by atoms with van der Waals surface area (Å²) in [5.74, 6) is 0.775. The number of likely N-dealkylation sites (tertiary alicyclic amines) is 1. The molecule has 1 aliphatic rings. The summed E-state index contributed by atoms with van der Waals surface area (Å²) >= 11 is 0. The van der Waals surface area contributed by atoms with Crippen molar-refractivity contribution < 1.29 is 0 Å². The topological polar surface area (TPSA) is 15.3 Å². The monoisotopic (exact) mass is 184 g/mol. The molecule has 0 aromatic carbocycles.